The van der Waals surface area contributed by atoms with Gasteiger partial charge in [0.05, 0.1) is 12.6 Å². The monoisotopic (exact) mass is 407 g/mol. The van der Waals surface area contributed by atoms with Crippen LogP contribution in [0.4, 0.5) is 14.9 Å². The van der Waals surface area contributed by atoms with Gasteiger partial charge < -0.3 is 19.7 Å². The molecule has 6 nitrogen and oxygen atoms in total. The third kappa shape index (κ3) is 3.40. The van der Waals surface area contributed by atoms with Crippen molar-refractivity contribution in [3.8, 4) is 11.5 Å². The summed E-state index contributed by atoms with van der Waals surface area (Å²) in [6, 6.07) is 13.5. The summed E-state index contributed by atoms with van der Waals surface area (Å²) in [5, 5.41) is 3.60. The lowest BCUT2D eigenvalue weighted by atomic mass is 9.62. The molecule has 1 N–H and O–H groups in total. The standard InChI is InChI=1S/C23H22FN3O3/c1-29-17-5-3-16(4-6-17)26-22(28)27-13-23(14-27)11-18(12-23)30-21-8-9-25-20-7-2-15(24)10-19(20)21/h2-10,18H,11-14H2,1H3,(H,26,28). The molecule has 1 spiro atoms. The van der Waals surface area contributed by atoms with E-state index in [1.807, 2.05) is 29.2 Å². The zero-order valence-corrected chi connectivity index (χ0v) is 16.6. The molecule has 2 amide bonds. The van der Waals surface area contributed by atoms with E-state index in [1.54, 1.807) is 25.4 Å². The van der Waals surface area contributed by atoms with Crippen LogP contribution >= 0.6 is 0 Å². The molecular formula is C23H22FN3O3. The SMILES string of the molecule is COc1ccc(NC(=O)N2CC3(CC(Oc4ccnc5ccc(F)cc45)C3)C2)cc1. The number of amides is 2. The molecular weight excluding hydrogens is 385 g/mol. The average molecular weight is 407 g/mol. The predicted molar refractivity (Wildman–Crippen MR) is 111 cm³/mol. The molecule has 1 saturated heterocycles. The van der Waals surface area contributed by atoms with Crippen molar-refractivity contribution in [1.29, 1.82) is 0 Å². The van der Waals surface area contributed by atoms with Crippen molar-refractivity contribution < 1.29 is 18.7 Å². The summed E-state index contributed by atoms with van der Waals surface area (Å²) < 4.78 is 24.9. The molecule has 0 atom stereocenters. The van der Waals surface area contributed by atoms with Gasteiger partial charge >= 0.3 is 6.03 Å². The Labute approximate surface area is 173 Å². The van der Waals surface area contributed by atoms with E-state index < -0.39 is 0 Å². The quantitative estimate of drug-likeness (QED) is 0.694. The van der Waals surface area contributed by atoms with Gasteiger partial charge in [0, 0.05) is 35.8 Å². The Morgan fingerprint density at radius 2 is 1.93 bits per heavy atom. The lowest BCUT2D eigenvalue weighted by Crippen LogP contribution is -2.66. The summed E-state index contributed by atoms with van der Waals surface area (Å²) in [5.41, 5.74) is 1.59. The van der Waals surface area contributed by atoms with E-state index in [2.05, 4.69) is 10.3 Å². The van der Waals surface area contributed by atoms with Gasteiger partial charge in [-0.15, -0.1) is 0 Å². The minimum absolute atomic E-state index is 0.0747. The van der Waals surface area contributed by atoms with E-state index in [4.69, 9.17) is 9.47 Å². The number of hydrogen-bond donors (Lipinski definition) is 1. The molecule has 2 heterocycles. The summed E-state index contributed by atoms with van der Waals surface area (Å²) in [6.45, 7) is 1.45. The molecule has 2 aliphatic rings. The van der Waals surface area contributed by atoms with Crippen LogP contribution in [0.5, 0.6) is 11.5 Å². The van der Waals surface area contributed by atoms with Crippen LogP contribution in [-0.2, 0) is 0 Å². The van der Waals surface area contributed by atoms with Gasteiger partial charge in [0.1, 0.15) is 23.4 Å². The number of rotatable bonds is 4. The number of carbonyl (C=O) groups excluding carboxylic acids is 1. The van der Waals surface area contributed by atoms with Crippen molar-refractivity contribution in [3.63, 3.8) is 0 Å². The Kier molecular flexibility index (Phi) is 4.46. The van der Waals surface area contributed by atoms with Crippen molar-refractivity contribution in [1.82, 2.24) is 9.88 Å². The van der Waals surface area contributed by atoms with E-state index in [-0.39, 0.29) is 23.4 Å². The number of methoxy groups -OCH3 is 1. The van der Waals surface area contributed by atoms with Crippen LogP contribution < -0.4 is 14.8 Å². The van der Waals surface area contributed by atoms with Gasteiger partial charge in [-0.3, -0.25) is 4.98 Å². The molecule has 30 heavy (non-hydrogen) atoms. The van der Waals surface area contributed by atoms with Crippen molar-refractivity contribution >= 4 is 22.6 Å². The average Bonchev–Trinajstić information content (AvgIpc) is 2.69. The first kappa shape index (κ1) is 18.7. The Balaban J connectivity index is 1.15. The zero-order chi connectivity index (χ0) is 20.7. The number of aromatic nitrogens is 1. The largest absolute Gasteiger partial charge is 0.497 e. The molecule has 1 aliphatic heterocycles. The summed E-state index contributed by atoms with van der Waals surface area (Å²) in [6.07, 6.45) is 3.53. The fourth-order valence-corrected chi connectivity index (χ4v) is 4.41. The van der Waals surface area contributed by atoms with Gasteiger partial charge in [-0.25, -0.2) is 9.18 Å². The minimum atomic E-state index is -0.303. The lowest BCUT2D eigenvalue weighted by molar-refractivity contribution is -0.0978. The van der Waals surface area contributed by atoms with Crippen molar-refractivity contribution in [2.24, 2.45) is 5.41 Å². The van der Waals surface area contributed by atoms with E-state index in [1.165, 1.54) is 12.1 Å². The Morgan fingerprint density at radius 1 is 1.17 bits per heavy atom. The molecule has 154 valence electrons. The topological polar surface area (TPSA) is 63.7 Å². The van der Waals surface area contributed by atoms with Crippen LogP contribution in [0.15, 0.2) is 54.7 Å². The van der Waals surface area contributed by atoms with Crippen LogP contribution in [0.3, 0.4) is 0 Å². The first-order chi connectivity index (χ1) is 14.5. The molecule has 0 radical (unpaired) electrons. The molecule has 1 aliphatic carbocycles. The van der Waals surface area contributed by atoms with Crippen LogP contribution in [0, 0.1) is 11.2 Å². The molecule has 3 aromatic rings. The Morgan fingerprint density at radius 3 is 2.67 bits per heavy atom. The summed E-state index contributed by atoms with van der Waals surface area (Å²) in [7, 11) is 1.61. The highest BCUT2D eigenvalue weighted by atomic mass is 19.1. The second kappa shape index (κ2) is 7.16. The summed E-state index contributed by atoms with van der Waals surface area (Å²) >= 11 is 0. The molecule has 2 aromatic carbocycles. The van der Waals surface area contributed by atoms with E-state index >= 15 is 0 Å². The highest BCUT2D eigenvalue weighted by Gasteiger charge is 2.54. The normalized spacial score (nSPS) is 17.3. The van der Waals surface area contributed by atoms with Crippen LogP contribution in [0.1, 0.15) is 12.8 Å². The van der Waals surface area contributed by atoms with Gasteiger partial charge in [-0.2, -0.15) is 0 Å². The van der Waals surface area contributed by atoms with Gasteiger partial charge in [0.25, 0.3) is 0 Å². The maximum Gasteiger partial charge on any atom is 0.321 e. The molecule has 5 rings (SSSR count). The Hall–Kier alpha value is -3.35. The first-order valence-electron chi connectivity index (χ1n) is 9.95. The van der Waals surface area contributed by atoms with E-state index in [0.717, 1.165) is 37.4 Å². The number of halogens is 1. The van der Waals surface area contributed by atoms with Crippen molar-refractivity contribution in [2.45, 2.75) is 18.9 Å². The number of hydrogen-bond acceptors (Lipinski definition) is 4. The number of likely N-dealkylation sites (tertiary alicyclic amines) is 1. The smallest absolute Gasteiger partial charge is 0.321 e. The maximum atomic E-state index is 13.6. The molecule has 0 bridgehead atoms. The van der Waals surface area contributed by atoms with Crippen molar-refractivity contribution in [2.75, 3.05) is 25.5 Å². The Bertz CT molecular complexity index is 1090. The number of nitrogens with zero attached hydrogens (tertiary/aromatic N) is 2. The number of pyridine rings is 1. The number of fused-ring (bicyclic) bond motifs is 1. The minimum Gasteiger partial charge on any atom is -0.497 e. The lowest BCUT2D eigenvalue weighted by Gasteiger charge is -2.58. The molecule has 1 aromatic heterocycles. The number of nitrogens with one attached hydrogen (secondary N) is 1. The number of ether oxygens (including phenoxy) is 2. The highest BCUT2D eigenvalue weighted by Crippen LogP contribution is 2.50. The molecule has 1 saturated carbocycles. The van der Waals surface area contributed by atoms with Crippen molar-refractivity contribution in [3.05, 3.63) is 60.5 Å². The van der Waals surface area contributed by atoms with Gasteiger partial charge in [-0.05, 0) is 61.4 Å². The third-order valence-corrected chi connectivity index (χ3v) is 5.96. The van der Waals surface area contributed by atoms with Gasteiger partial charge in [0.2, 0.25) is 0 Å². The van der Waals surface area contributed by atoms with Gasteiger partial charge in [-0.1, -0.05) is 0 Å². The molecule has 7 heteroatoms. The number of benzene rings is 2. The van der Waals surface area contributed by atoms with Crippen LogP contribution in [0.25, 0.3) is 10.9 Å². The van der Waals surface area contributed by atoms with Crippen LogP contribution in [0.2, 0.25) is 0 Å². The number of carbonyl (C=O) groups is 1. The molecule has 0 unspecified atom stereocenters. The maximum absolute atomic E-state index is 13.6. The second-order valence-corrected chi connectivity index (χ2v) is 8.13. The summed E-state index contributed by atoms with van der Waals surface area (Å²) in [5.74, 6) is 1.11. The van der Waals surface area contributed by atoms with Gasteiger partial charge in [0.15, 0.2) is 0 Å². The third-order valence-electron chi connectivity index (χ3n) is 5.96. The fourth-order valence-electron chi connectivity index (χ4n) is 4.41. The first-order valence-corrected chi connectivity index (χ1v) is 9.95. The number of anilines is 1. The van der Waals surface area contributed by atoms with E-state index in [9.17, 15) is 9.18 Å². The van der Waals surface area contributed by atoms with E-state index in [0.29, 0.717) is 16.7 Å². The van der Waals surface area contributed by atoms with Crippen LogP contribution in [-0.4, -0.2) is 42.2 Å². The number of urea groups is 1. The fraction of sp³-hybridized carbons (Fsp3) is 0.304. The zero-order valence-electron chi connectivity index (χ0n) is 16.6. The predicted octanol–water partition coefficient (Wildman–Crippen LogP) is 4.46. The second-order valence-electron chi connectivity index (χ2n) is 8.13. The molecule has 2 fully saturated rings. The highest BCUT2D eigenvalue weighted by molar-refractivity contribution is 5.90. The summed E-state index contributed by atoms with van der Waals surface area (Å²) in [4.78, 5) is 18.5.